The van der Waals surface area contributed by atoms with Crippen molar-refractivity contribution in [3.63, 3.8) is 0 Å². The number of urea groups is 1. The quantitative estimate of drug-likeness (QED) is 0.628. The standard InChI is InChI=1S/C12H17IN2O/c1-2-3-4-9-14-12(16)15-11-7-5-10(13)6-8-11/h5-8H,2-4,9H2,1H3,(H2,14,15,16). The van der Waals surface area contributed by atoms with Gasteiger partial charge in [0, 0.05) is 15.8 Å². The maximum Gasteiger partial charge on any atom is 0.319 e. The molecule has 2 N–H and O–H groups in total. The number of hydrogen-bond acceptors (Lipinski definition) is 1. The predicted octanol–water partition coefficient (Wildman–Crippen LogP) is 3.60. The molecule has 0 aliphatic carbocycles. The van der Waals surface area contributed by atoms with E-state index >= 15 is 0 Å². The molecular weight excluding hydrogens is 315 g/mol. The van der Waals surface area contributed by atoms with Crippen molar-refractivity contribution in [1.29, 1.82) is 0 Å². The highest BCUT2D eigenvalue weighted by atomic mass is 127. The Hall–Kier alpha value is -0.780. The molecule has 16 heavy (non-hydrogen) atoms. The van der Waals surface area contributed by atoms with Crippen molar-refractivity contribution in [2.45, 2.75) is 26.2 Å². The second-order valence-corrected chi connectivity index (χ2v) is 4.84. The summed E-state index contributed by atoms with van der Waals surface area (Å²) in [6, 6.07) is 7.60. The highest BCUT2D eigenvalue weighted by Crippen LogP contribution is 2.10. The lowest BCUT2D eigenvalue weighted by Crippen LogP contribution is -2.29. The van der Waals surface area contributed by atoms with Crippen molar-refractivity contribution in [3.05, 3.63) is 27.8 Å². The lowest BCUT2D eigenvalue weighted by atomic mass is 10.2. The molecule has 0 spiro atoms. The fourth-order valence-corrected chi connectivity index (χ4v) is 1.65. The van der Waals surface area contributed by atoms with Gasteiger partial charge in [-0.1, -0.05) is 19.8 Å². The van der Waals surface area contributed by atoms with Gasteiger partial charge in [-0.25, -0.2) is 4.79 Å². The molecule has 0 aromatic heterocycles. The molecule has 0 aliphatic heterocycles. The largest absolute Gasteiger partial charge is 0.338 e. The first kappa shape index (κ1) is 13.3. The van der Waals surface area contributed by atoms with Gasteiger partial charge in [-0.05, 0) is 53.3 Å². The van der Waals surface area contributed by atoms with Crippen LogP contribution in [0.2, 0.25) is 0 Å². The SMILES string of the molecule is CCCCCNC(=O)Nc1ccc(I)cc1. The zero-order chi connectivity index (χ0) is 11.8. The van der Waals surface area contributed by atoms with E-state index in [0.717, 1.165) is 28.6 Å². The average molecular weight is 332 g/mol. The monoisotopic (exact) mass is 332 g/mol. The molecule has 0 radical (unpaired) electrons. The molecule has 0 fully saturated rings. The normalized spacial score (nSPS) is 9.88. The van der Waals surface area contributed by atoms with Crippen LogP contribution in [-0.4, -0.2) is 12.6 Å². The summed E-state index contributed by atoms with van der Waals surface area (Å²) in [5, 5.41) is 5.62. The lowest BCUT2D eigenvalue weighted by Gasteiger charge is -2.07. The summed E-state index contributed by atoms with van der Waals surface area (Å²) in [4.78, 5) is 11.4. The Kier molecular flexibility index (Phi) is 6.22. The molecule has 0 aliphatic rings. The average Bonchev–Trinajstić information content (AvgIpc) is 2.28. The summed E-state index contributed by atoms with van der Waals surface area (Å²) in [6.07, 6.45) is 3.36. The molecule has 0 saturated heterocycles. The maximum atomic E-state index is 11.4. The van der Waals surface area contributed by atoms with E-state index in [2.05, 4.69) is 40.1 Å². The summed E-state index contributed by atoms with van der Waals surface area (Å²) >= 11 is 2.23. The van der Waals surface area contributed by atoms with Crippen molar-refractivity contribution in [3.8, 4) is 0 Å². The van der Waals surface area contributed by atoms with Gasteiger partial charge in [0.05, 0.1) is 0 Å². The minimum absolute atomic E-state index is 0.127. The minimum atomic E-state index is -0.127. The van der Waals surface area contributed by atoms with Crippen molar-refractivity contribution < 1.29 is 4.79 Å². The summed E-state index contributed by atoms with van der Waals surface area (Å²) in [5.74, 6) is 0. The molecule has 0 bridgehead atoms. The molecule has 0 saturated carbocycles. The van der Waals surface area contributed by atoms with E-state index in [1.807, 2.05) is 24.3 Å². The summed E-state index contributed by atoms with van der Waals surface area (Å²) in [7, 11) is 0. The van der Waals surface area contributed by atoms with E-state index in [9.17, 15) is 4.79 Å². The Morgan fingerprint density at radius 3 is 2.56 bits per heavy atom. The van der Waals surface area contributed by atoms with Gasteiger partial charge in [0.25, 0.3) is 0 Å². The first-order chi connectivity index (χ1) is 7.72. The van der Waals surface area contributed by atoms with Crippen LogP contribution in [0.1, 0.15) is 26.2 Å². The Bertz CT molecular complexity index is 324. The van der Waals surface area contributed by atoms with Crippen LogP contribution in [0.25, 0.3) is 0 Å². The van der Waals surface area contributed by atoms with Gasteiger partial charge >= 0.3 is 6.03 Å². The summed E-state index contributed by atoms with van der Waals surface area (Å²) < 4.78 is 1.16. The molecule has 2 amide bonds. The van der Waals surface area contributed by atoms with Gasteiger partial charge in [0.2, 0.25) is 0 Å². The van der Waals surface area contributed by atoms with Gasteiger partial charge in [-0.3, -0.25) is 0 Å². The number of halogens is 1. The van der Waals surface area contributed by atoms with Gasteiger partial charge in [0.15, 0.2) is 0 Å². The Labute approximate surface area is 110 Å². The highest BCUT2D eigenvalue weighted by Gasteiger charge is 1.99. The number of rotatable bonds is 5. The molecule has 88 valence electrons. The van der Waals surface area contributed by atoms with Gasteiger partial charge < -0.3 is 10.6 Å². The van der Waals surface area contributed by atoms with E-state index in [1.165, 1.54) is 6.42 Å². The fourth-order valence-electron chi connectivity index (χ4n) is 1.29. The first-order valence-electron chi connectivity index (χ1n) is 5.53. The van der Waals surface area contributed by atoms with E-state index in [1.54, 1.807) is 0 Å². The van der Waals surface area contributed by atoms with Crippen LogP contribution in [-0.2, 0) is 0 Å². The van der Waals surface area contributed by atoms with E-state index in [-0.39, 0.29) is 6.03 Å². The number of unbranched alkanes of at least 4 members (excludes halogenated alkanes) is 2. The van der Waals surface area contributed by atoms with Crippen molar-refractivity contribution in [2.75, 3.05) is 11.9 Å². The minimum Gasteiger partial charge on any atom is -0.338 e. The zero-order valence-electron chi connectivity index (χ0n) is 9.42. The first-order valence-corrected chi connectivity index (χ1v) is 6.60. The number of amides is 2. The molecule has 0 unspecified atom stereocenters. The molecule has 1 rings (SSSR count). The molecule has 1 aromatic rings. The van der Waals surface area contributed by atoms with Crippen molar-refractivity contribution in [2.24, 2.45) is 0 Å². The third-order valence-electron chi connectivity index (χ3n) is 2.17. The number of carbonyl (C=O) groups excluding carboxylic acids is 1. The summed E-state index contributed by atoms with van der Waals surface area (Å²) in [6.45, 7) is 2.88. The number of nitrogens with one attached hydrogen (secondary N) is 2. The molecule has 0 atom stereocenters. The second kappa shape index (κ2) is 7.49. The van der Waals surface area contributed by atoms with Gasteiger partial charge in [0.1, 0.15) is 0 Å². The molecular formula is C12H17IN2O. The van der Waals surface area contributed by atoms with Gasteiger partial charge in [-0.2, -0.15) is 0 Å². The number of benzene rings is 1. The Morgan fingerprint density at radius 1 is 1.25 bits per heavy atom. The molecule has 4 heteroatoms. The van der Waals surface area contributed by atoms with Crippen molar-refractivity contribution >= 4 is 34.3 Å². The highest BCUT2D eigenvalue weighted by molar-refractivity contribution is 14.1. The zero-order valence-corrected chi connectivity index (χ0v) is 11.6. The van der Waals surface area contributed by atoms with Crippen LogP contribution >= 0.6 is 22.6 Å². The third-order valence-corrected chi connectivity index (χ3v) is 2.89. The van der Waals surface area contributed by atoms with Crippen LogP contribution in [0.4, 0.5) is 10.5 Å². The number of anilines is 1. The maximum absolute atomic E-state index is 11.4. The van der Waals surface area contributed by atoms with Crippen LogP contribution in [0.15, 0.2) is 24.3 Å². The molecule has 0 heterocycles. The topological polar surface area (TPSA) is 41.1 Å². The van der Waals surface area contributed by atoms with E-state index in [4.69, 9.17) is 0 Å². The van der Waals surface area contributed by atoms with Crippen LogP contribution in [0.3, 0.4) is 0 Å². The van der Waals surface area contributed by atoms with Crippen LogP contribution in [0, 0.1) is 3.57 Å². The second-order valence-electron chi connectivity index (χ2n) is 3.59. The number of hydrogen-bond donors (Lipinski definition) is 2. The summed E-state index contributed by atoms with van der Waals surface area (Å²) in [5.41, 5.74) is 0.827. The van der Waals surface area contributed by atoms with Crippen LogP contribution in [0.5, 0.6) is 0 Å². The predicted molar refractivity (Wildman–Crippen MR) is 75.7 cm³/mol. The third kappa shape index (κ3) is 5.34. The molecule has 3 nitrogen and oxygen atoms in total. The lowest BCUT2D eigenvalue weighted by molar-refractivity contribution is 0.252. The Balaban J connectivity index is 2.26. The van der Waals surface area contributed by atoms with E-state index in [0.29, 0.717) is 0 Å². The van der Waals surface area contributed by atoms with Crippen molar-refractivity contribution in [1.82, 2.24) is 5.32 Å². The van der Waals surface area contributed by atoms with Crippen LogP contribution < -0.4 is 10.6 Å². The smallest absolute Gasteiger partial charge is 0.319 e. The Morgan fingerprint density at radius 2 is 1.94 bits per heavy atom. The fraction of sp³-hybridized carbons (Fsp3) is 0.417. The number of carbonyl (C=O) groups is 1. The van der Waals surface area contributed by atoms with E-state index < -0.39 is 0 Å². The molecule has 1 aromatic carbocycles. The van der Waals surface area contributed by atoms with Gasteiger partial charge in [-0.15, -0.1) is 0 Å².